The van der Waals surface area contributed by atoms with Crippen LogP contribution in [-0.4, -0.2) is 31.6 Å². The van der Waals surface area contributed by atoms with E-state index in [1.165, 1.54) is 37.1 Å². The van der Waals surface area contributed by atoms with Crippen LogP contribution in [0.4, 0.5) is 0 Å². The van der Waals surface area contributed by atoms with Gasteiger partial charge >= 0.3 is 0 Å². The molecule has 0 aliphatic carbocycles. The maximum absolute atomic E-state index is 3.65. The summed E-state index contributed by atoms with van der Waals surface area (Å²) in [4.78, 5) is 2.44. The van der Waals surface area contributed by atoms with Crippen molar-refractivity contribution in [1.29, 1.82) is 0 Å². The van der Waals surface area contributed by atoms with Crippen LogP contribution in [0.1, 0.15) is 37.8 Å². The molecule has 1 aliphatic heterocycles. The van der Waals surface area contributed by atoms with Crippen molar-refractivity contribution < 1.29 is 0 Å². The minimum absolute atomic E-state index is 0.482. The van der Waals surface area contributed by atoms with Crippen molar-refractivity contribution in [1.82, 2.24) is 10.2 Å². The number of rotatable bonds is 5. The number of piperidine rings is 1. The van der Waals surface area contributed by atoms with Crippen LogP contribution in [0.2, 0.25) is 0 Å². The van der Waals surface area contributed by atoms with Gasteiger partial charge in [0.05, 0.1) is 0 Å². The van der Waals surface area contributed by atoms with Crippen molar-refractivity contribution in [2.75, 3.05) is 26.7 Å². The molecule has 0 spiro atoms. The number of benzene rings is 1. The maximum atomic E-state index is 3.65. The van der Waals surface area contributed by atoms with Gasteiger partial charge in [-0.1, -0.05) is 38.1 Å². The Morgan fingerprint density at radius 3 is 2.26 bits per heavy atom. The number of hydrogen-bond donors (Lipinski definition) is 1. The van der Waals surface area contributed by atoms with E-state index in [0.29, 0.717) is 5.41 Å². The van der Waals surface area contributed by atoms with Gasteiger partial charge < -0.3 is 10.2 Å². The molecule has 1 aliphatic rings. The Labute approximate surface area is 118 Å². The standard InChI is InChI=1S/C17H28N2/c1-4-15-5-7-16(8-6-15)13-18-14-17(2)9-11-19(3)12-10-17/h5-8,18H,4,9-14H2,1-3H3. The van der Waals surface area contributed by atoms with Gasteiger partial charge in [-0.15, -0.1) is 0 Å². The molecule has 106 valence electrons. The van der Waals surface area contributed by atoms with Gasteiger partial charge in [0.2, 0.25) is 0 Å². The molecule has 1 saturated heterocycles. The normalized spacial score (nSPS) is 19.5. The molecule has 2 heteroatoms. The lowest BCUT2D eigenvalue weighted by Gasteiger charge is -2.38. The van der Waals surface area contributed by atoms with Gasteiger partial charge in [-0.3, -0.25) is 0 Å². The monoisotopic (exact) mass is 260 g/mol. The second-order valence-electron chi connectivity index (χ2n) is 6.39. The van der Waals surface area contributed by atoms with Crippen LogP contribution in [0.15, 0.2) is 24.3 Å². The molecule has 1 fully saturated rings. The van der Waals surface area contributed by atoms with E-state index in [4.69, 9.17) is 0 Å². The molecule has 0 unspecified atom stereocenters. The van der Waals surface area contributed by atoms with E-state index in [0.717, 1.165) is 19.5 Å². The smallest absolute Gasteiger partial charge is 0.0205 e. The molecule has 1 N–H and O–H groups in total. The first kappa shape index (κ1) is 14.5. The van der Waals surface area contributed by atoms with Crippen molar-refractivity contribution in [3.63, 3.8) is 0 Å². The van der Waals surface area contributed by atoms with Crippen LogP contribution in [0.3, 0.4) is 0 Å². The van der Waals surface area contributed by atoms with Gasteiger partial charge in [-0.05, 0) is 55.9 Å². The van der Waals surface area contributed by atoms with Crippen LogP contribution >= 0.6 is 0 Å². The number of aryl methyl sites for hydroxylation is 1. The summed E-state index contributed by atoms with van der Waals surface area (Å²) in [6.07, 6.45) is 3.75. The van der Waals surface area contributed by atoms with Crippen LogP contribution in [-0.2, 0) is 13.0 Å². The fourth-order valence-electron chi connectivity index (χ4n) is 2.74. The lowest BCUT2D eigenvalue weighted by Crippen LogP contribution is -2.41. The second kappa shape index (κ2) is 6.53. The van der Waals surface area contributed by atoms with Crippen molar-refractivity contribution >= 4 is 0 Å². The lowest BCUT2D eigenvalue weighted by atomic mass is 9.80. The zero-order valence-corrected chi connectivity index (χ0v) is 12.7. The molecule has 2 rings (SSSR count). The highest BCUT2D eigenvalue weighted by atomic mass is 15.1. The third-order valence-electron chi connectivity index (χ3n) is 4.51. The molecule has 1 aromatic rings. The molecule has 0 aromatic heterocycles. The summed E-state index contributed by atoms with van der Waals surface area (Å²) >= 11 is 0. The van der Waals surface area contributed by atoms with E-state index in [1.807, 2.05) is 0 Å². The lowest BCUT2D eigenvalue weighted by molar-refractivity contribution is 0.137. The van der Waals surface area contributed by atoms with Crippen molar-refractivity contribution in [2.24, 2.45) is 5.41 Å². The van der Waals surface area contributed by atoms with E-state index < -0.39 is 0 Å². The van der Waals surface area contributed by atoms with Gasteiger partial charge in [0, 0.05) is 13.1 Å². The number of hydrogen-bond acceptors (Lipinski definition) is 2. The Morgan fingerprint density at radius 2 is 1.68 bits per heavy atom. The molecule has 0 radical (unpaired) electrons. The number of nitrogens with zero attached hydrogens (tertiary/aromatic N) is 1. The Hall–Kier alpha value is -0.860. The second-order valence-corrected chi connectivity index (χ2v) is 6.39. The van der Waals surface area contributed by atoms with E-state index in [9.17, 15) is 0 Å². The minimum Gasteiger partial charge on any atom is -0.312 e. The molecule has 0 bridgehead atoms. The molecule has 1 heterocycles. The summed E-state index contributed by atoms with van der Waals surface area (Å²) in [5, 5.41) is 3.65. The van der Waals surface area contributed by atoms with Gasteiger partial charge in [-0.25, -0.2) is 0 Å². The third kappa shape index (κ3) is 4.32. The average Bonchev–Trinajstić information content (AvgIpc) is 2.43. The first-order valence-corrected chi connectivity index (χ1v) is 7.58. The first-order chi connectivity index (χ1) is 9.11. The predicted molar refractivity (Wildman–Crippen MR) is 82.4 cm³/mol. The van der Waals surface area contributed by atoms with Gasteiger partial charge in [0.25, 0.3) is 0 Å². The fraction of sp³-hybridized carbons (Fsp3) is 0.647. The van der Waals surface area contributed by atoms with Crippen LogP contribution in [0.5, 0.6) is 0 Å². The summed E-state index contributed by atoms with van der Waals surface area (Å²) < 4.78 is 0. The first-order valence-electron chi connectivity index (χ1n) is 7.58. The van der Waals surface area contributed by atoms with Crippen LogP contribution in [0, 0.1) is 5.41 Å². The molecule has 1 aromatic carbocycles. The quantitative estimate of drug-likeness (QED) is 0.875. The van der Waals surface area contributed by atoms with Gasteiger partial charge in [0.1, 0.15) is 0 Å². The number of likely N-dealkylation sites (tertiary alicyclic amines) is 1. The van der Waals surface area contributed by atoms with Crippen LogP contribution < -0.4 is 5.32 Å². The Morgan fingerprint density at radius 1 is 1.11 bits per heavy atom. The Bertz CT molecular complexity index is 375. The Kier molecular flexibility index (Phi) is 5.00. The number of nitrogens with one attached hydrogen (secondary N) is 1. The van der Waals surface area contributed by atoms with Gasteiger partial charge in [-0.2, -0.15) is 0 Å². The summed E-state index contributed by atoms with van der Waals surface area (Å²) in [6, 6.07) is 8.99. The predicted octanol–water partition coefficient (Wildman–Crippen LogP) is 3.07. The van der Waals surface area contributed by atoms with E-state index in [-0.39, 0.29) is 0 Å². The van der Waals surface area contributed by atoms with Crippen molar-refractivity contribution in [2.45, 2.75) is 39.7 Å². The summed E-state index contributed by atoms with van der Waals surface area (Å²) in [5.41, 5.74) is 3.30. The average molecular weight is 260 g/mol. The molecule has 2 nitrogen and oxygen atoms in total. The molecule has 0 amide bonds. The molecule has 0 atom stereocenters. The minimum atomic E-state index is 0.482. The largest absolute Gasteiger partial charge is 0.312 e. The fourth-order valence-corrected chi connectivity index (χ4v) is 2.74. The van der Waals surface area contributed by atoms with Crippen molar-refractivity contribution in [3.05, 3.63) is 35.4 Å². The highest BCUT2D eigenvalue weighted by Gasteiger charge is 2.28. The highest BCUT2D eigenvalue weighted by Crippen LogP contribution is 2.29. The van der Waals surface area contributed by atoms with E-state index in [2.05, 4.69) is 55.4 Å². The summed E-state index contributed by atoms with van der Waals surface area (Å²) in [7, 11) is 2.22. The van der Waals surface area contributed by atoms with Gasteiger partial charge in [0.15, 0.2) is 0 Å². The SMILES string of the molecule is CCc1ccc(CNCC2(C)CCN(C)CC2)cc1. The molecule has 0 saturated carbocycles. The molecular formula is C17H28N2. The third-order valence-corrected chi connectivity index (χ3v) is 4.51. The summed E-state index contributed by atoms with van der Waals surface area (Å²) in [6.45, 7) is 9.24. The summed E-state index contributed by atoms with van der Waals surface area (Å²) in [5.74, 6) is 0. The zero-order chi connectivity index (χ0) is 13.7. The van der Waals surface area contributed by atoms with Crippen LogP contribution in [0.25, 0.3) is 0 Å². The van der Waals surface area contributed by atoms with E-state index in [1.54, 1.807) is 0 Å². The van der Waals surface area contributed by atoms with E-state index >= 15 is 0 Å². The maximum Gasteiger partial charge on any atom is 0.0205 e. The molecule has 19 heavy (non-hydrogen) atoms. The zero-order valence-electron chi connectivity index (χ0n) is 12.7. The topological polar surface area (TPSA) is 15.3 Å². The molecular weight excluding hydrogens is 232 g/mol. The van der Waals surface area contributed by atoms with Crippen molar-refractivity contribution in [3.8, 4) is 0 Å². The Balaban J connectivity index is 1.76. The highest BCUT2D eigenvalue weighted by molar-refractivity contribution is 5.22.